The Morgan fingerprint density at radius 1 is 1.14 bits per heavy atom. The van der Waals surface area contributed by atoms with Crippen molar-refractivity contribution in [3.8, 4) is 18.2 Å². The summed E-state index contributed by atoms with van der Waals surface area (Å²) in [5.41, 5.74) is 1.20. The predicted molar refractivity (Wildman–Crippen MR) is 76.2 cm³/mol. The van der Waals surface area contributed by atoms with E-state index in [1.165, 1.54) is 0 Å². The number of hydrogen-bond donors (Lipinski definition) is 0. The van der Waals surface area contributed by atoms with Gasteiger partial charge in [-0.2, -0.15) is 15.8 Å². The van der Waals surface area contributed by atoms with Crippen LogP contribution in [0.2, 0.25) is 0 Å². The van der Waals surface area contributed by atoms with E-state index in [0.717, 1.165) is 11.1 Å². The van der Waals surface area contributed by atoms with Crippen LogP contribution >= 0.6 is 0 Å². The molecule has 0 fully saturated rings. The van der Waals surface area contributed by atoms with E-state index in [-0.39, 0.29) is 16.9 Å². The van der Waals surface area contributed by atoms with Crippen LogP contribution in [0.15, 0.2) is 52.8 Å². The molecule has 1 aromatic rings. The molecule has 1 aliphatic rings. The average Bonchev–Trinajstić information content (AvgIpc) is 2.73. The summed E-state index contributed by atoms with van der Waals surface area (Å²) in [6.45, 7) is 3.67. The Morgan fingerprint density at radius 2 is 1.76 bits per heavy atom. The van der Waals surface area contributed by atoms with E-state index in [4.69, 9.17) is 15.3 Å². The van der Waals surface area contributed by atoms with Crippen LogP contribution in [0.4, 0.5) is 0 Å². The highest BCUT2D eigenvalue weighted by molar-refractivity contribution is 5.57. The van der Waals surface area contributed by atoms with E-state index >= 15 is 0 Å². The minimum Gasteiger partial charge on any atom is -0.479 e. The highest BCUT2D eigenvalue weighted by Crippen LogP contribution is 2.41. The maximum Gasteiger partial charge on any atom is 0.172 e. The molecule has 0 saturated carbocycles. The Hall–Kier alpha value is -3.03. The summed E-state index contributed by atoms with van der Waals surface area (Å²) in [5.74, 6) is 0.0958. The van der Waals surface area contributed by atoms with Gasteiger partial charge in [0.15, 0.2) is 11.3 Å². The molecule has 0 aliphatic carbocycles. The molecule has 0 spiro atoms. The van der Waals surface area contributed by atoms with Crippen molar-refractivity contribution in [2.45, 2.75) is 25.9 Å². The lowest BCUT2D eigenvalue weighted by Crippen LogP contribution is -2.28. The van der Waals surface area contributed by atoms with Gasteiger partial charge in [-0.1, -0.05) is 30.3 Å². The summed E-state index contributed by atoms with van der Waals surface area (Å²) in [7, 11) is 0. The molecule has 0 amide bonds. The Labute approximate surface area is 123 Å². The zero-order valence-electron chi connectivity index (χ0n) is 11.8. The molecule has 0 aromatic heterocycles. The van der Waals surface area contributed by atoms with Crippen LogP contribution in [-0.4, -0.2) is 5.60 Å². The third kappa shape index (κ3) is 2.50. The quantitative estimate of drug-likeness (QED) is 0.776. The molecule has 4 nitrogen and oxygen atoms in total. The summed E-state index contributed by atoms with van der Waals surface area (Å²) in [4.78, 5) is 0. The van der Waals surface area contributed by atoms with Crippen molar-refractivity contribution in [1.82, 2.24) is 0 Å². The summed E-state index contributed by atoms with van der Waals surface area (Å²) < 4.78 is 5.85. The molecular formula is C17H13N3O. The second-order valence-corrected chi connectivity index (χ2v) is 5.03. The fraction of sp³-hybridized carbons (Fsp3) is 0.235. The molecule has 1 unspecified atom stereocenters. The van der Waals surface area contributed by atoms with Gasteiger partial charge in [-0.3, -0.25) is 0 Å². The van der Waals surface area contributed by atoms with E-state index < -0.39 is 5.60 Å². The summed E-state index contributed by atoms with van der Waals surface area (Å²) >= 11 is 0. The van der Waals surface area contributed by atoms with Crippen LogP contribution in [0, 0.1) is 34.0 Å². The topological polar surface area (TPSA) is 80.6 Å². The maximum atomic E-state index is 9.30. The minimum atomic E-state index is -0.722. The second kappa shape index (κ2) is 5.53. The molecule has 102 valence electrons. The number of rotatable bonds is 2. The first-order chi connectivity index (χ1) is 10.1. The molecule has 21 heavy (non-hydrogen) atoms. The lowest BCUT2D eigenvalue weighted by atomic mass is 9.88. The van der Waals surface area contributed by atoms with Gasteiger partial charge in [-0.25, -0.2) is 0 Å². The zero-order chi connectivity index (χ0) is 15.5. The Balaban J connectivity index is 2.48. The van der Waals surface area contributed by atoms with Crippen LogP contribution < -0.4 is 0 Å². The first-order valence-electron chi connectivity index (χ1n) is 6.45. The summed E-state index contributed by atoms with van der Waals surface area (Å²) in [6, 6.07) is 15.4. The third-order valence-corrected chi connectivity index (χ3v) is 3.67. The predicted octanol–water partition coefficient (Wildman–Crippen LogP) is 3.16. The van der Waals surface area contributed by atoms with Gasteiger partial charge in [-0.15, -0.1) is 0 Å². The van der Waals surface area contributed by atoms with Gasteiger partial charge in [-0.05, 0) is 25.0 Å². The standard InChI is InChI=1S/C17H13N3O/c1-12-15(11-20)16(14(9-18)10-19)21-17(12,2)8-13-6-4-3-5-7-13/h3-7H,8H2,1-2H3. The number of benzene rings is 1. The number of hydrogen-bond acceptors (Lipinski definition) is 4. The van der Waals surface area contributed by atoms with Gasteiger partial charge in [0.1, 0.15) is 23.8 Å². The molecule has 1 aliphatic heterocycles. The molecule has 0 radical (unpaired) electrons. The fourth-order valence-electron chi connectivity index (χ4n) is 2.38. The van der Waals surface area contributed by atoms with E-state index in [2.05, 4.69) is 0 Å². The average molecular weight is 275 g/mol. The molecule has 0 saturated heterocycles. The zero-order valence-corrected chi connectivity index (χ0v) is 11.8. The summed E-state index contributed by atoms with van der Waals surface area (Å²) in [5, 5.41) is 27.3. The van der Waals surface area contributed by atoms with E-state index in [9.17, 15) is 5.26 Å². The van der Waals surface area contributed by atoms with Crippen LogP contribution in [0.3, 0.4) is 0 Å². The first kappa shape index (κ1) is 14.4. The van der Waals surface area contributed by atoms with E-state index in [1.54, 1.807) is 19.1 Å². The van der Waals surface area contributed by atoms with Crippen LogP contribution in [0.1, 0.15) is 19.4 Å². The number of allylic oxidation sites excluding steroid dienone is 2. The van der Waals surface area contributed by atoms with Crippen molar-refractivity contribution in [2.24, 2.45) is 0 Å². The number of nitriles is 3. The Morgan fingerprint density at radius 3 is 2.29 bits per heavy atom. The largest absolute Gasteiger partial charge is 0.479 e. The molecule has 4 heteroatoms. The van der Waals surface area contributed by atoms with E-state index in [1.807, 2.05) is 43.3 Å². The molecular weight excluding hydrogens is 262 g/mol. The lowest BCUT2D eigenvalue weighted by molar-refractivity contribution is 0.0750. The molecule has 1 aromatic carbocycles. The molecule has 0 N–H and O–H groups in total. The van der Waals surface area contributed by atoms with Gasteiger partial charge in [0, 0.05) is 6.42 Å². The van der Waals surface area contributed by atoms with Crippen LogP contribution in [-0.2, 0) is 11.2 Å². The Bertz CT molecular complexity index is 738. The van der Waals surface area contributed by atoms with Crippen molar-refractivity contribution in [1.29, 1.82) is 15.8 Å². The normalized spacial score (nSPS) is 20.2. The fourth-order valence-corrected chi connectivity index (χ4v) is 2.38. The smallest absolute Gasteiger partial charge is 0.172 e. The van der Waals surface area contributed by atoms with Crippen LogP contribution in [0.5, 0.6) is 0 Å². The molecule has 1 atom stereocenters. The SMILES string of the molecule is CC1=C(C#N)C(=C(C#N)C#N)OC1(C)Cc1ccccc1. The van der Waals surface area contributed by atoms with Gasteiger partial charge in [0.2, 0.25) is 0 Å². The summed E-state index contributed by atoms with van der Waals surface area (Å²) in [6.07, 6.45) is 0.568. The van der Waals surface area contributed by atoms with Gasteiger partial charge < -0.3 is 4.74 Å². The van der Waals surface area contributed by atoms with Crippen molar-refractivity contribution in [3.63, 3.8) is 0 Å². The number of nitrogens with zero attached hydrogens (tertiary/aromatic N) is 3. The minimum absolute atomic E-state index is 0.0958. The van der Waals surface area contributed by atoms with Crippen molar-refractivity contribution < 1.29 is 4.74 Å². The van der Waals surface area contributed by atoms with Crippen molar-refractivity contribution in [2.75, 3.05) is 0 Å². The second-order valence-electron chi connectivity index (χ2n) is 5.03. The van der Waals surface area contributed by atoms with Gasteiger partial charge in [0.25, 0.3) is 0 Å². The highest BCUT2D eigenvalue weighted by Gasteiger charge is 2.41. The molecule has 2 rings (SSSR count). The lowest BCUT2D eigenvalue weighted by Gasteiger charge is -2.26. The van der Waals surface area contributed by atoms with Crippen molar-refractivity contribution in [3.05, 3.63) is 58.4 Å². The third-order valence-electron chi connectivity index (χ3n) is 3.67. The van der Waals surface area contributed by atoms with Crippen molar-refractivity contribution >= 4 is 0 Å². The van der Waals surface area contributed by atoms with Gasteiger partial charge in [0.05, 0.1) is 5.57 Å². The van der Waals surface area contributed by atoms with E-state index in [0.29, 0.717) is 6.42 Å². The van der Waals surface area contributed by atoms with Gasteiger partial charge >= 0.3 is 0 Å². The Kier molecular flexibility index (Phi) is 3.79. The highest BCUT2D eigenvalue weighted by atomic mass is 16.5. The van der Waals surface area contributed by atoms with Crippen LogP contribution in [0.25, 0.3) is 0 Å². The maximum absolute atomic E-state index is 9.30. The molecule has 1 heterocycles. The number of ether oxygens (including phenoxy) is 1. The molecule has 0 bridgehead atoms. The first-order valence-corrected chi connectivity index (χ1v) is 6.45. The monoisotopic (exact) mass is 275 g/mol.